The Kier molecular flexibility index (Phi) is 4.53. The Morgan fingerprint density at radius 2 is 1.84 bits per heavy atom. The third-order valence-corrected chi connectivity index (χ3v) is 3.98. The summed E-state index contributed by atoms with van der Waals surface area (Å²) in [6, 6.07) is 3.95. The fraction of sp³-hybridized carbons (Fsp3) is 0.500. The van der Waals surface area contributed by atoms with E-state index < -0.39 is 0 Å². The van der Waals surface area contributed by atoms with Crippen LogP contribution in [0.5, 0.6) is 11.5 Å². The van der Waals surface area contributed by atoms with Gasteiger partial charge in [-0.2, -0.15) is 0 Å². The number of rotatable bonds is 3. The number of halogens is 1. The van der Waals surface area contributed by atoms with Crippen LogP contribution in [0.2, 0.25) is 0 Å². The number of benzene rings is 1. The number of hydrogen-bond acceptors (Lipinski definition) is 3. The molecule has 2 unspecified atom stereocenters. The molecule has 104 valence electrons. The first-order valence-corrected chi connectivity index (χ1v) is 7.03. The Bertz CT molecular complexity index is 444. The number of nitrogens with one attached hydrogen (secondary N) is 1. The van der Waals surface area contributed by atoms with E-state index in [4.69, 9.17) is 11.6 Å². The normalized spacial score (nSPS) is 23.0. The van der Waals surface area contributed by atoms with Gasteiger partial charge in [0.15, 0.2) is 0 Å². The highest BCUT2D eigenvalue weighted by atomic mass is 35.5. The van der Waals surface area contributed by atoms with E-state index in [0.29, 0.717) is 11.8 Å². The van der Waals surface area contributed by atoms with Gasteiger partial charge in [0.1, 0.15) is 11.5 Å². The first kappa shape index (κ1) is 14.0. The Hall–Kier alpha value is -1.42. The van der Waals surface area contributed by atoms with Gasteiger partial charge < -0.3 is 15.5 Å². The summed E-state index contributed by atoms with van der Waals surface area (Å²) in [5.41, 5.74) is 0.261. The van der Waals surface area contributed by atoms with Crippen LogP contribution >= 0.6 is 11.6 Å². The van der Waals surface area contributed by atoms with E-state index in [2.05, 4.69) is 5.32 Å². The molecule has 2 atom stereocenters. The van der Waals surface area contributed by atoms with E-state index >= 15 is 0 Å². The second-order valence-electron chi connectivity index (χ2n) is 5.02. The van der Waals surface area contributed by atoms with Crippen LogP contribution < -0.4 is 5.32 Å². The SMILES string of the molecule is O=C(NC1CCCCC1CCl)c1cc(O)cc(O)c1. The van der Waals surface area contributed by atoms with E-state index in [1.54, 1.807) is 0 Å². The van der Waals surface area contributed by atoms with E-state index in [0.717, 1.165) is 25.7 Å². The number of hydrogen-bond donors (Lipinski definition) is 3. The number of carbonyl (C=O) groups is 1. The summed E-state index contributed by atoms with van der Waals surface area (Å²) in [6.45, 7) is 0. The highest BCUT2D eigenvalue weighted by Gasteiger charge is 2.26. The lowest BCUT2D eigenvalue weighted by Gasteiger charge is -2.30. The number of carbonyl (C=O) groups excluding carboxylic acids is 1. The van der Waals surface area contributed by atoms with Gasteiger partial charge in [0.25, 0.3) is 5.91 Å². The molecular weight excluding hydrogens is 266 g/mol. The van der Waals surface area contributed by atoms with Crippen LogP contribution in [0.3, 0.4) is 0 Å². The molecule has 2 rings (SSSR count). The van der Waals surface area contributed by atoms with Crippen LogP contribution in [0.25, 0.3) is 0 Å². The third kappa shape index (κ3) is 3.53. The van der Waals surface area contributed by atoms with Crippen LogP contribution in [0.4, 0.5) is 0 Å². The van der Waals surface area contributed by atoms with Crippen molar-refractivity contribution in [2.75, 3.05) is 5.88 Å². The summed E-state index contributed by atoms with van der Waals surface area (Å²) in [5, 5.41) is 21.7. The van der Waals surface area contributed by atoms with Crippen LogP contribution in [0.1, 0.15) is 36.0 Å². The lowest BCUT2D eigenvalue weighted by molar-refractivity contribution is 0.0910. The van der Waals surface area contributed by atoms with Crippen molar-refractivity contribution in [3.63, 3.8) is 0 Å². The van der Waals surface area contributed by atoms with Crippen LogP contribution in [0, 0.1) is 5.92 Å². The van der Waals surface area contributed by atoms with E-state index in [-0.39, 0.29) is 29.0 Å². The summed E-state index contributed by atoms with van der Waals surface area (Å²) in [5.74, 6) is 0.305. The van der Waals surface area contributed by atoms with Gasteiger partial charge in [0.05, 0.1) is 0 Å². The van der Waals surface area contributed by atoms with Crippen molar-refractivity contribution in [1.82, 2.24) is 5.32 Å². The van der Waals surface area contributed by atoms with Crippen LogP contribution in [-0.2, 0) is 0 Å². The predicted octanol–water partition coefficient (Wildman–Crippen LogP) is 2.63. The molecule has 0 aromatic heterocycles. The summed E-state index contributed by atoms with van der Waals surface area (Å²) in [7, 11) is 0. The molecule has 1 aliphatic rings. The summed E-state index contributed by atoms with van der Waals surface area (Å²) in [4.78, 5) is 12.1. The Labute approximate surface area is 117 Å². The molecule has 3 N–H and O–H groups in total. The van der Waals surface area contributed by atoms with Gasteiger partial charge >= 0.3 is 0 Å². The Morgan fingerprint density at radius 1 is 1.21 bits per heavy atom. The molecule has 0 spiro atoms. The maximum absolute atomic E-state index is 12.1. The fourth-order valence-corrected chi connectivity index (χ4v) is 2.93. The van der Waals surface area contributed by atoms with Crippen LogP contribution in [0.15, 0.2) is 18.2 Å². The molecule has 1 fully saturated rings. The van der Waals surface area contributed by atoms with Crippen molar-refractivity contribution in [2.24, 2.45) is 5.92 Å². The predicted molar refractivity (Wildman–Crippen MR) is 73.7 cm³/mol. The molecular formula is C14H18ClNO3. The topological polar surface area (TPSA) is 69.6 Å². The largest absolute Gasteiger partial charge is 0.508 e. The van der Waals surface area contributed by atoms with Crippen molar-refractivity contribution in [3.05, 3.63) is 23.8 Å². The van der Waals surface area contributed by atoms with Crippen molar-refractivity contribution in [3.8, 4) is 11.5 Å². The minimum absolute atomic E-state index is 0.0724. The molecule has 4 nitrogen and oxygen atoms in total. The van der Waals surface area contributed by atoms with Gasteiger partial charge in [0, 0.05) is 23.6 Å². The summed E-state index contributed by atoms with van der Waals surface area (Å²) < 4.78 is 0. The molecule has 0 saturated heterocycles. The first-order chi connectivity index (χ1) is 9.10. The lowest BCUT2D eigenvalue weighted by Crippen LogP contribution is -2.42. The van der Waals surface area contributed by atoms with Crippen molar-refractivity contribution < 1.29 is 15.0 Å². The standard InChI is InChI=1S/C14H18ClNO3/c15-8-9-3-1-2-4-13(9)16-14(19)10-5-11(17)7-12(18)6-10/h5-7,9,13,17-18H,1-4,8H2,(H,16,19). The minimum atomic E-state index is -0.284. The fourth-order valence-electron chi connectivity index (χ4n) is 2.56. The second kappa shape index (κ2) is 6.15. The van der Waals surface area contributed by atoms with Gasteiger partial charge in [-0.15, -0.1) is 11.6 Å². The summed E-state index contributed by atoms with van der Waals surface area (Å²) >= 11 is 5.92. The first-order valence-electron chi connectivity index (χ1n) is 6.50. The number of alkyl halides is 1. The zero-order chi connectivity index (χ0) is 13.8. The maximum atomic E-state index is 12.1. The molecule has 0 radical (unpaired) electrons. The molecule has 0 bridgehead atoms. The average molecular weight is 284 g/mol. The zero-order valence-electron chi connectivity index (χ0n) is 10.6. The van der Waals surface area contributed by atoms with Crippen molar-refractivity contribution in [2.45, 2.75) is 31.7 Å². The average Bonchev–Trinajstić information content (AvgIpc) is 2.38. The third-order valence-electron chi connectivity index (χ3n) is 3.59. The molecule has 1 amide bonds. The van der Waals surface area contributed by atoms with Gasteiger partial charge in [-0.25, -0.2) is 0 Å². The van der Waals surface area contributed by atoms with Crippen LogP contribution in [-0.4, -0.2) is 28.0 Å². The quantitative estimate of drug-likeness (QED) is 0.747. The van der Waals surface area contributed by atoms with E-state index in [1.807, 2.05) is 0 Å². The van der Waals surface area contributed by atoms with Crippen molar-refractivity contribution in [1.29, 1.82) is 0 Å². The monoisotopic (exact) mass is 283 g/mol. The summed E-state index contributed by atoms with van der Waals surface area (Å²) in [6.07, 6.45) is 4.19. The highest BCUT2D eigenvalue weighted by Crippen LogP contribution is 2.26. The molecule has 1 aliphatic carbocycles. The second-order valence-corrected chi connectivity index (χ2v) is 5.33. The number of amides is 1. The molecule has 5 heteroatoms. The maximum Gasteiger partial charge on any atom is 0.251 e. The number of phenols is 2. The number of phenolic OH excluding ortho intramolecular Hbond substituents is 2. The van der Waals surface area contributed by atoms with Gasteiger partial charge in [-0.05, 0) is 30.9 Å². The zero-order valence-corrected chi connectivity index (χ0v) is 11.4. The molecule has 1 saturated carbocycles. The Morgan fingerprint density at radius 3 is 2.47 bits per heavy atom. The smallest absolute Gasteiger partial charge is 0.251 e. The Balaban J connectivity index is 2.07. The highest BCUT2D eigenvalue weighted by molar-refractivity contribution is 6.18. The van der Waals surface area contributed by atoms with Gasteiger partial charge in [0.2, 0.25) is 0 Å². The molecule has 1 aromatic carbocycles. The molecule has 0 heterocycles. The number of aromatic hydroxyl groups is 2. The van der Waals surface area contributed by atoms with Gasteiger partial charge in [-0.1, -0.05) is 12.8 Å². The molecule has 19 heavy (non-hydrogen) atoms. The van der Waals surface area contributed by atoms with Gasteiger partial charge in [-0.3, -0.25) is 4.79 Å². The van der Waals surface area contributed by atoms with E-state index in [1.165, 1.54) is 18.2 Å². The van der Waals surface area contributed by atoms with E-state index in [9.17, 15) is 15.0 Å². The lowest BCUT2D eigenvalue weighted by atomic mass is 9.85. The van der Waals surface area contributed by atoms with Crippen molar-refractivity contribution >= 4 is 17.5 Å². The minimum Gasteiger partial charge on any atom is -0.508 e. The molecule has 1 aromatic rings. The molecule has 0 aliphatic heterocycles.